The first kappa shape index (κ1) is 30.2. The molecule has 2 aromatic heterocycles. The predicted octanol–water partition coefficient (Wildman–Crippen LogP) is 4.81. The van der Waals surface area contributed by atoms with Crippen LogP contribution in [0.1, 0.15) is 29.7 Å². The molecule has 4 N–H and O–H groups in total. The van der Waals surface area contributed by atoms with E-state index in [9.17, 15) is 15.2 Å². The first-order valence-electron chi connectivity index (χ1n) is 14.0. The molecule has 10 nitrogen and oxygen atoms in total. The number of methoxy groups -OCH3 is 1. The number of nitrogens with zero attached hydrogens (tertiary/aromatic N) is 4. The van der Waals surface area contributed by atoms with Crippen molar-refractivity contribution in [2.75, 3.05) is 25.1 Å². The molecule has 1 saturated heterocycles. The van der Waals surface area contributed by atoms with Gasteiger partial charge in [-0.15, -0.1) is 0 Å². The highest BCUT2D eigenvalue weighted by Crippen LogP contribution is 2.40. The van der Waals surface area contributed by atoms with Gasteiger partial charge in [0.25, 0.3) is 5.91 Å². The van der Waals surface area contributed by atoms with Crippen molar-refractivity contribution in [1.29, 1.82) is 5.26 Å². The Morgan fingerprint density at radius 1 is 1.11 bits per heavy atom. The van der Waals surface area contributed by atoms with Crippen LogP contribution in [-0.2, 0) is 11.3 Å². The summed E-state index contributed by atoms with van der Waals surface area (Å²) in [4.78, 5) is 21.8. The number of aromatic nitrogens is 2. The van der Waals surface area contributed by atoms with Crippen LogP contribution in [0, 0.1) is 17.1 Å². The molecule has 0 atom stereocenters. The van der Waals surface area contributed by atoms with Crippen LogP contribution in [0.15, 0.2) is 73.1 Å². The largest absolute Gasteiger partial charge is 0.504 e. The number of phenolic OH excluding ortho intramolecular Hbond substituents is 1. The molecule has 0 spiro atoms. The Bertz CT molecular complexity index is 1700. The molecular formula is C33H31FN6O4. The van der Waals surface area contributed by atoms with Crippen molar-refractivity contribution in [1.82, 2.24) is 20.8 Å². The maximum Gasteiger partial charge on any atom is 0.267 e. The monoisotopic (exact) mass is 594 g/mol. The molecule has 0 aliphatic carbocycles. The Balaban J connectivity index is 1.31. The first-order chi connectivity index (χ1) is 21.4. The van der Waals surface area contributed by atoms with E-state index < -0.39 is 11.7 Å². The summed E-state index contributed by atoms with van der Waals surface area (Å²) in [6.07, 6.45) is 7.52. The highest BCUT2D eigenvalue weighted by Gasteiger charge is 2.26. The zero-order valence-electron chi connectivity index (χ0n) is 24.0. The average Bonchev–Trinajstić information content (AvgIpc) is 3.07. The van der Waals surface area contributed by atoms with Gasteiger partial charge in [-0.25, -0.2) is 19.8 Å². The fourth-order valence-electron chi connectivity index (χ4n) is 5.18. The number of benzene rings is 2. The van der Waals surface area contributed by atoms with Gasteiger partial charge >= 0.3 is 0 Å². The zero-order valence-corrected chi connectivity index (χ0v) is 24.0. The molecule has 0 radical (unpaired) electrons. The van der Waals surface area contributed by atoms with Crippen LogP contribution in [0.3, 0.4) is 0 Å². The van der Waals surface area contributed by atoms with E-state index in [0.29, 0.717) is 42.1 Å². The second-order valence-corrected chi connectivity index (χ2v) is 10.3. The Morgan fingerprint density at radius 2 is 1.86 bits per heavy atom. The van der Waals surface area contributed by atoms with Crippen LogP contribution in [0.2, 0.25) is 0 Å². The van der Waals surface area contributed by atoms with Crippen molar-refractivity contribution in [3.63, 3.8) is 0 Å². The summed E-state index contributed by atoms with van der Waals surface area (Å²) in [6, 6.07) is 18.0. The summed E-state index contributed by atoms with van der Waals surface area (Å²) in [7, 11) is 1.46. The third-order valence-electron chi connectivity index (χ3n) is 7.56. The quantitative estimate of drug-likeness (QED) is 0.122. The van der Waals surface area contributed by atoms with Gasteiger partial charge in [0, 0.05) is 60.8 Å². The molecular weight excluding hydrogens is 563 g/mol. The van der Waals surface area contributed by atoms with Crippen molar-refractivity contribution in [3.05, 3.63) is 95.7 Å². The van der Waals surface area contributed by atoms with Gasteiger partial charge in [-0.05, 0) is 59.9 Å². The van der Waals surface area contributed by atoms with Crippen LogP contribution in [-0.4, -0.2) is 52.4 Å². The van der Waals surface area contributed by atoms with Crippen molar-refractivity contribution >= 4 is 17.8 Å². The van der Waals surface area contributed by atoms with Crippen molar-refractivity contribution in [2.24, 2.45) is 0 Å². The highest BCUT2D eigenvalue weighted by molar-refractivity contribution is 5.90. The number of nitriles is 1. The molecule has 1 aliphatic heterocycles. The lowest BCUT2D eigenvalue weighted by molar-refractivity contribution is -0.124. The van der Waals surface area contributed by atoms with Crippen LogP contribution >= 0.6 is 0 Å². The maximum atomic E-state index is 16.4. The van der Waals surface area contributed by atoms with E-state index in [2.05, 4.69) is 15.3 Å². The number of hydrogen-bond acceptors (Lipinski definition) is 9. The number of rotatable bonds is 9. The molecule has 44 heavy (non-hydrogen) atoms. The average molecular weight is 595 g/mol. The summed E-state index contributed by atoms with van der Waals surface area (Å²) >= 11 is 0. The fourth-order valence-corrected chi connectivity index (χ4v) is 5.18. The molecule has 4 aromatic rings. The maximum absolute atomic E-state index is 16.4. The number of nitrogens with one attached hydrogen (secondary N) is 2. The smallest absolute Gasteiger partial charge is 0.267 e. The Labute approximate surface area is 254 Å². The number of hydrogen-bond donors (Lipinski definition) is 4. The number of pyridine rings is 2. The fraction of sp³-hybridized carbons (Fsp3) is 0.212. The standard InChI is InChI=1S/C33H31FN6O4/c1-44-29-10-8-23(16-28(29)41)27-20-38-33(32(34)31(27)24-7-9-26(17-35)37-19-24)40-14-12-25(13-15-40)36-18-22-4-2-21(3-5-22)6-11-30(42)39-43/h2-11,16,19-20,25,36,41,43H,12-15,18H2,1H3,(H,39,42)/b11-6+. The Kier molecular flexibility index (Phi) is 9.44. The molecule has 0 bridgehead atoms. The van der Waals surface area contributed by atoms with Crippen LogP contribution in [0.25, 0.3) is 28.3 Å². The van der Waals surface area contributed by atoms with E-state index in [1.165, 1.54) is 25.4 Å². The van der Waals surface area contributed by atoms with Crippen molar-refractivity contribution < 1.29 is 24.2 Å². The van der Waals surface area contributed by atoms with Gasteiger partial charge in [-0.2, -0.15) is 5.26 Å². The highest BCUT2D eigenvalue weighted by atomic mass is 19.1. The second kappa shape index (κ2) is 13.8. The number of phenols is 1. The minimum absolute atomic E-state index is 0.0761. The zero-order chi connectivity index (χ0) is 31.1. The summed E-state index contributed by atoms with van der Waals surface area (Å²) in [5.74, 6) is -0.624. The molecule has 1 amide bonds. The predicted molar refractivity (Wildman–Crippen MR) is 163 cm³/mol. The van der Waals surface area contributed by atoms with Gasteiger partial charge in [0.15, 0.2) is 23.1 Å². The second-order valence-electron chi connectivity index (χ2n) is 10.3. The van der Waals surface area contributed by atoms with E-state index in [1.54, 1.807) is 42.0 Å². The summed E-state index contributed by atoms with van der Waals surface area (Å²) in [5.41, 5.74) is 5.52. The Hall–Kier alpha value is -5.31. The third kappa shape index (κ3) is 6.83. The lowest BCUT2D eigenvalue weighted by Gasteiger charge is -2.34. The molecule has 1 fully saturated rings. The van der Waals surface area contributed by atoms with Gasteiger partial charge in [-0.3, -0.25) is 10.0 Å². The number of halogens is 1. The first-order valence-corrected chi connectivity index (χ1v) is 14.0. The van der Waals surface area contributed by atoms with Crippen LogP contribution in [0.4, 0.5) is 10.2 Å². The van der Waals surface area contributed by atoms with E-state index in [4.69, 9.17) is 9.94 Å². The number of carbonyl (C=O) groups excluding carboxylic acids is 1. The molecule has 3 heterocycles. The molecule has 224 valence electrons. The van der Waals surface area contributed by atoms with E-state index in [-0.39, 0.29) is 28.9 Å². The number of ether oxygens (including phenoxy) is 1. The number of carbonyl (C=O) groups is 1. The summed E-state index contributed by atoms with van der Waals surface area (Å²) in [6.45, 7) is 1.87. The molecule has 0 unspecified atom stereocenters. The third-order valence-corrected chi connectivity index (χ3v) is 7.56. The van der Waals surface area contributed by atoms with Gasteiger partial charge < -0.3 is 20.1 Å². The summed E-state index contributed by atoms with van der Waals surface area (Å²) in [5, 5.41) is 31.7. The number of piperidine rings is 1. The van der Waals surface area contributed by atoms with E-state index >= 15 is 4.39 Å². The van der Waals surface area contributed by atoms with Crippen LogP contribution in [0.5, 0.6) is 11.5 Å². The van der Waals surface area contributed by atoms with Gasteiger partial charge in [-0.1, -0.05) is 30.3 Å². The minimum atomic E-state index is -0.590. The molecule has 11 heteroatoms. The number of aromatic hydroxyl groups is 1. The lowest BCUT2D eigenvalue weighted by Crippen LogP contribution is -2.43. The number of hydroxylamine groups is 1. The molecule has 2 aromatic carbocycles. The molecule has 0 saturated carbocycles. The van der Waals surface area contributed by atoms with Crippen molar-refractivity contribution in [2.45, 2.75) is 25.4 Å². The van der Waals surface area contributed by atoms with Gasteiger partial charge in [0.1, 0.15) is 11.8 Å². The topological polar surface area (TPSA) is 144 Å². The number of amides is 1. The molecule has 5 rings (SSSR count). The van der Waals surface area contributed by atoms with E-state index in [1.807, 2.05) is 35.2 Å². The number of anilines is 1. The van der Waals surface area contributed by atoms with Crippen molar-refractivity contribution in [3.8, 4) is 39.8 Å². The van der Waals surface area contributed by atoms with E-state index in [0.717, 1.165) is 24.0 Å². The normalized spacial score (nSPS) is 13.5. The minimum Gasteiger partial charge on any atom is -0.504 e. The van der Waals surface area contributed by atoms with Gasteiger partial charge in [0.2, 0.25) is 0 Å². The SMILES string of the molecule is COc1ccc(-c2cnc(N3CCC(NCc4ccc(/C=C/C(=O)NO)cc4)CC3)c(F)c2-c2ccc(C#N)nc2)cc1O. The van der Waals surface area contributed by atoms with Gasteiger partial charge in [0.05, 0.1) is 7.11 Å². The lowest BCUT2D eigenvalue weighted by atomic mass is 9.95. The molecule has 1 aliphatic rings. The van der Waals surface area contributed by atoms with Crippen LogP contribution < -0.4 is 20.4 Å². The Morgan fingerprint density at radius 3 is 2.50 bits per heavy atom. The summed E-state index contributed by atoms with van der Waals surface area (Å²) < 4.78 is 21.6.